The molecular weight excluding hydrogens is 369 g/mol. The standard InChI is InChI=1S/C14H22Cl3NO5/c1-7-12(2,3)22-8-9(10(19)21-6)18-11(20)23-13(4,5)14(15,16)17/h7,9H,1,8H2,2-6H3,(H,18,20)/t9-/m0/s1. The second-order valence-electron chi connectivity index (χ2n) is 5.74. The number of carbonyl (C=O) groups is 2. The third kappa shape index (κ3) is 7.61. The van der Waals surface area contributed by atoms with Crippen molar-refractivity contribution in [3.05, 3.63) is 12.7 Å². The van der Waals surface area contributed by atoms with Crippen LogP contribution in [-0.2, 0) is 19.0 Å². The van der Waals surface area contributed by atoms with Gasteiger partial charge in [-0.15, -0.1) is 6.58 Å². The molecule has 0 bridgehead atoms. The molecule has 0 fully saturated rings. The highest BCUT2D eigenvalue weighted by Crippen LogP contribution is 2.40. The van der Waals surface area contributed by atoms with Gasteiger partial charge in [0.1, 0.15) is 0 Å². The van der Waals surface area contributed by atoms with Crippen LogP contribution in [0.3, 0.4) is 0 Å². The molecule has 0 aliphatic heterocycles. The minimum absolute atomic E-state index is 0.144. The Morgan fingerprint density at radius 1 is 1.22 bits per heavy atom. The molecule has 0 radical (unpaired) electrons. The molecule has 1 N–H and O–H groups in total. The Morgan fingerprint density at radius 3 is 2.13 bits per heavy atom. The van der Waals surface area contributed by atoms with Crippen molar-refractivity contribution in [1.29, 1.82) is 0 Å². The van der Waals surface area contributed by atoms with E-state index in [1.807, 2.05) is 0 Å². The van der Waals surface area contributed by atoms with Crippen LogP contribution >= 0.6 is 34.8 Å². The summed E-state index contributed by atoms with van der Waals surface area (Å²) in [5, 5.41) is 2.32. The van der Waals surface area contributed by atoms with Gasteiger partial charge in [-0.25, -0.2) is 9.59 Å². The van der Waals surface area contributed by atoms with E-state index in [9.17, 15) is 9.59 Å². The zero-order valence-corrected chi connectivity index (χ0v) is 16.0. The molecule has 0 rings (SSSR count). The first-order valence-corrected chi connectivity index (χ1v) is 7.81. The lowest BCUT2D eigenvalue weighted by atomic mass is 10.1. The summed E-state index contributed by atoms with van der Waals surface area (Å²) in [6.45, 7) is 9.81. The van der Waals surface area contributed by atoms with Crippen LogP contribution in [0.4, 0.5) is 4.79 Å². The van der Waals surface area contributed by atoms with E-state index in [1.165, 1.54) is 21.0 Å². The third-order valence-corrected chi connectivity index (χ3v) is 4.29. The minimum Gasteiger partial charge on any atom is -0.467 e. The lowest BCUT2D eigenvalue weighted by Gasteiger charge is -2.32. The molecular formula is C14H22Cl3NO5. The van der Waals surface area contributed by atoms with Gasteiger partial charge in [-0.1, -0.05) is 40.9 Å². The zero-order chi connectivity index (χ0) is 18.5. The number of methoxy groups -OCH3 is 1. The van der Waals surface area contributed by atoms with E-state index in [0.717, 1.165) is 0 Å². The van der Waals surface area contributed by atoms with Crippen molar-refractivity contribution in [3.8, 4) is 0 Å². The van der Waals surface area contributed by atoms with Crippen molar-refractivity contribution in [2.45, 2.75) is 48.7 Å². The fraction of sp³-hybridized carbons (Fsp3) is 0.714. The molecule has 1 atom stereocenters. The molecule has 0 aromatic carbocycles. The maximum atomic E-state index is 11.9. The highest BCUT2D eigenvalue weighted by Gasteiger charge is 2.44. The summed E-state index contributed by atoms with van der Waals surface area (Å²) in [4.78, 5) is 23.7. The number of nitrogens with one attached hydrogen (secondary N) is 1. The summed E-state index contributed by atoms with van der Waals surface area (Å²) in [5.41, 5.74) is -2.10. The molecule has 0 saturated heterocycles. The maximum Gasteiger partial charge on any atom is 0.408 e. The molecule has 0 aliphatic rings. The van der Waals surface area contributed by atoms with Crippen LogP contribution in [0, 0.1) is 0 Å². The van der Waals surface area contributed by atoms with Crippen molar-refractivity contribution in [3.63, 3.8) is 0 Å². The summed E-state index contributed by atoms with van der Waals surface area (Å²) in [7, 11) is 1.19. The summed E-state index contributed by atoms with van der Waals surface area (Å²) >= 11 is 17.2. The molecule has 134 valence electrons. The highest BCUT2D eigenvalue weighted by molar-refractivity contribution is 6.68. The van der Waals surface area contributed by atoms with E-state index in [2.05, 4.69) is 16.6 Å². The Hall–Kier alpha value is -0.690. The topological polar surface area (TPSA) is 73.9 Å². The normalized spacial score (nSPS) is 13.9. The van der Waals surface area contributed by atoms with E-state index in [4.69, 9.17) is 44.3 Å². The van der Waals surface area contributed by atoms with Crippen LogP contribution < -0.4 is 5.32 Å². The number of carbonyl (C=O) groups excluding carboxylic acids is 2. The van der Waals surface area contributed by atoms with E-state index in [0.29, 0.717) is 0 Å². The number of esters is 1. The first-order chi connectivity index (χ1) is 10.3. The largest absolute Gasteiger partial charge is 0.467 e. The van der Waals surface area contributed by atoms with Gasteiger partial charge in [0.2, 0.25) is 3.79 Å². The number of alkyl halides is 3. The summed E-state index contributed by atoms with van der Waals surface area (Å²) in [6, 6.07) is -1.09. The Labute approximate surface area is 151 Å². The van der Waals surface area contributed by atoms with Crippen LogP contribution in [0.1, 0.15) is 27.7 Å². The van der Waals surface area contributed by atoms with Crippen LogP contribution in [-0.4, -0.2) is 46.8 Å². The van der Waals surface area contributed by atoms with Crippen molar-refractivity contribution in [1.82, 2.24) is 5.32 Å². The number of halogens is 3. The molecule has 0 unspecified atom stereocenters. The van der Waals surface area contributed by atoms with Crippen LogP contribution in [0.2, 0.25) is 0 Å². The molecule has 0 spiro atoms. The van der Waals surface area contributed by atoms with Crippen molar-refractivity contribution in [2.75, 3.05) is 13.7 Å². The van der Waals surface area contributed by atoms with Crippen LogP contribution in [0.15, 0.2) is 12.7 Å². The average Bonchev–Trinajstić information content (AvgIpc) is 2.40. The lowest BCUT2D eigenvalue weighted by Crippen LogP contribution is -2.50. The van der Waals surface area contributed by atoms with Crippen LogP contribution in [0.5, 0.6) is 0 Å². The van der Waals surface area contributed by atoms with E-state index in [-0.39, 0.29) is 6.61 Å². The Morgan fingerprint density at radius 2 is 1.74 bits per heavy atom. The molecule has 6 nitrogen and oxygen atoms in total. The molecule has 1 amide bonds. The Kier molecular flexibility index (Phi) is 8.17. The number of ether oxygens (including phenoxy) is 3. The summed E-state index contributed by atoms with van der Waals surface area (Å²) < 4.78 is 13.3. The molecule has 0 heterocycles. The maximum absolute atomic E-state index is 11.9. The summed E-state index contributed by atoms with van der Waals surface area (Å²) in [5.74, 6) is -0.700. The van der Waals surface area contributed by atoms with Gasteiger partial charge in [0.05, 0.1) is 19.3 Å². The molecule has 0 aromatic rings. The van der Waals surface area contributed by atoms with Crippen LogP contribution in [0.25, 0.3) is 0 Å². The van der Waals surface area contributed by atoms with E-state index >= 15 is 0 Å². The van der Waals surface area contributed by atoms with Gasteiger partial charge in [0.15, 0.2) is 11.6 Å². The number of amides is 1. The predicted octanol–water partition coefficient (Wildman–Crippen LogP) is 3.38. The highest BCUT2D eigenvalue weighted by atomic mass is 35.6. The Balaban J connectivity index is 4.88. The van der Waals surface area contributed by atoms with Gasteiger partial charge in [-0.3, -0.25) is 0 Å². The van der Waals surface area contributed by atoms with Crippen molar-refractivity contribution < 1.29 is 23.8 Å². The zero-order valence-electron chi connectivity index (χ0n) is 13.7. The number of rotatable bonds is 7. The van der Waals surface area contributed by atoms with E-state index < -0.39 is 33.1 Å². The third-order valence-electron chi connectivity index (χ3n) is 2.92. The smallest absolute Gasteiger partial charge is 0.408 e. The quantitative estimate of drug-likeness (QED) is 0.410. The predicted molar refractivity (Wildman–Crippen MR) is 90.0 cm³/mol. The summed E-state index contributed by atoms with van der Waals surface area (Å²) in [6.07, 6.45) is 0.614. The second kappa shape index (κ2) is 8.42. The van der Waals surface area contributed by atoms with Gasteiger partial charge in [-0.2, -0.15) is 0 Å². The van der Waals surface area contributed by atoms with Gasteiger partial charge in [0.25, 0.3) is 0 Å². The fourth-order valence-corrected chi connectivity index (χ4v) is 1.24. The number of hydrogen-bond donors (Lipinski definition) is 1. The Bertz CT molecular complexity index is 446. The van der Waals surface area contributed by atoms with Gasteiger partial charge >= 0.3 is 12.1 Å². The van der Waals surface area contributed by atoms with Gasteiger partial charge in [-0.05, 0) is 27.7 Å². The first-order valence-electron chi connectivity index (χ1n) is 6.67. The molecule has 0 aliphatic carbocycles. The van der Waals surface area contributed by atoms with E-state index in [1.54, 1.807) is 19.9 Å². The van der Waals surface area contributed by atoms with Gasteiger partial charge in [0, 0.05) is 0 Å². The molecule has 23 heavy (non-hydrogen) atoms. The minimum atomic E-state index is -1.84. The molecule has 0 aromatic heterocycles. The van der Waals surface area contributed by atoms with Gasteiger partial charge < -0.3 is 19.5 Å². The fourth-order valence-electron chi connectivity index (χ4n) is 1.13. The first kappa shape index (κ1) is 22.3. The number of alkyl carbamates (subject to hydrolysis) is 1. The monoisotopic (exact) mass is 389 g/mol. The lowest BCUT2D eigenvalue weighted by molar-refractivity contribution is -0.146. The number of hydrogen-bond acceptors (Lipinski definition) is 5. The van der Waals surface area contributed by atoms with Crippen molar-refractivity contribution >= 4 is 46.9 Å². The average molecular weight is 391 g/mol. The van der Waals surface area contributed by atoms with Crippen molar-refractivity contribution in [2.24, 2.45) is 0 Å². The molecule has 0 saturated carbocycles. The molecule has 9 heteroatoms. The SMILES string of the molecule is C=CC(C)(C)OC[C@H](NC(=O)OC(C)(C)C(Cl)(Cl)Cl)C(=O)OC. The second-order valence-corrected chi connectivity index (χ2v) is 8.02.